The van der Waals surface area contributed by atoms with Crippen molar-refractivity contribution in [1.82, 2.24) is 0 Å². The number of rotatable bonds is 0. The summed E-state index contributed by atoms with van der Waals surface area (Å²) in [4.78, 5) is 0. The first-order valence-electron chi connectivity index (χ1n) is 5.25. The molecule has 2 aliphatic carbocycles. The van der Waals surface area contributed by atoms with Gasteiger partial charge in [-0.15, -0.1) is 0 Å². The molecule has 0 fully saturated rings. The number of fused-ring (bicyclic) bond motifs is 2. The molecule has 0 saturated heterocycles. The topological polar surface area (TPSA) is 0 Å². The molecule has 0 N–H and O–H groups in total. The van der Waals surface area contributed by atoms with E-state index >= 15 is 0 Å². The molecule has 0 spiro atoms. The minimum absolute atomic E-state index is 0.504. The molecule has 0 saturated carbocycles. The Morgan fingerprint density at radius 1 is 1.00 bits per heavy atom. The van der Waals surface area contributed by atoms with E-state index in [0.29, 0.717) is 7.85 Å². The zero-order chi connectivity index (χ0) is 11.1. The summed E-state index contributed by atoms with van der Waals surface area (Å²) in [5.74, 6) is 0. The van der Waals surface area contributed by atoms with Crippen LogP contribution in [0.25, 0.3) is 11.6 Å². The molecule has 2 unspecified atom stereocenters. The molecule has 3 rings (SSSR count). The Hall–Kier alpha value is -0.100. The van der Waals surface area contributed by atoms with Gasteiger partial charge in [-0.25, -0.2) is 0 Å². The molecule has 1 aromatic carbocycles. The van der Waals surface area contributed by atoms with Crippen LogP contribution in [-0.4, -0.2) is 7.85 Å². The van der Waals surface area contributed by atoms with Gasteiger partial charge in [0.05, 0.1) is 3.92 Å². The van der Waals surface area contributed by atoms with Gasteiger partial charge in [0.15, 0.2) is 0 Å². The van der Waals surface area contributed by atoms with Gasteiger partial charge in [-0.3, -0.25) is 0 Å². The Balaban J connectivity index is 2.39. The molecule has 2 atom stereocenters. The highest BCUT2D eigenvalue weighted by atomic mass is 127. The molecular weight excluding hydrogens is 422 g/mol. The van der Waals surface area contributed by atoms with Gasteiger partial charge in [-0.05, 0) is 21.6 Å². The normalized spacial score (nSPS) is 26.6. The maximum atomic E-state index is 2.52. The van der Waals surface area contributed by atoms with Gasteiger partial charge >= 0.3 is 0 Å². The van der Waals surface area contributed by atoms with E-state index in [1.165, 1.54) is 21.6 Å². The van der Waals surface area contributed by atoms with Crippen LogP contribution in [0.1, 0.15) is 0 Å². The predicted octanol–water partition coefficient (Wildman–Crippen LogP) is 2.73. The van der Waals surface area contributed by atoms with Crippen molar-refractivity contribution in [2.75, 3.05) is 0 Å². The quantitative estimate of drug-likeness (QED) is 0.437. The standard InChI is InChI=1S/C14H10I2/c15-10-5-6-12-11-4-2-1-3-9(11)7-14(16)13(12)8-10/h1-8,10,14H. The van der Waals surface area contributed by atoms with E-state index < -0.39 is 0 Å². The number of hydrogen-bond donors (Lipinski definition) is 0. The Kier molecular flexibility index (Phi) is 2.96. The van der Waals surface area contributed by atoms with Gasteiger partial charge < -0.3 is 0 Å². The number of halogens is 2. The van der Waals surface area contributed by atoms with Gasteiger partial charge in [0.1, 0.15) is 0 Å². The van der Waals surface area contributed by atoms with Crippen molar-refractivity contribution in [1.29, 1.82) is 0 Å². The van der Waals surface area contributed by atoms with E-state index in [4.69, 9.17) is 0 Å². The summed E-state index contributed by atoms with van der Waals surface area (Å²) in [6, 6.07) is 8.65. The van der Waals surface area contributed by atoms with Crippen LogP contribution >= 0.6 is 45.2 Å². The largest absolute Gasteiger partial charge is 0.0735 e. The Morgan fingerprint density at radius 3 is 2.69 bits per heavy atom. The zero-order valence-corrected chi connectivity index (χ0v) is 12.8. The second-order valence-electron chi connectivity index (χ2n) is 3.99. The van der Waals surface area contributed by atoms with Crippen LogP contribution in [0, 0.1) is 0 Å². The molecular formula is C14H10I2. The summed E-state index contributed by atoms with van der Waals surface area (Å²) < 4.78 is 1.04. The van der Waals surface area contributed by atoms with Crippen molar-refractivity contribution in [3.05, 3.63) is 58.5 Å². The molecule has 2 heteroatoms. The van der Waals surface area contributed by atoms with Gasteiger partial charge in [0.25, 0.3) is 0 Å². The highest BCUT2D eigenvalue weighted by molar-refractivity contribution is 14.1. The fourth-order valence-corrected chi connectivity index (χ4v) is 3.75. The maximum Gasteiger partial charge on any atom is 0.0551 e. The van der Waals surface area contributed by atoms with Crippen LogP contribution in [0.15, 0.2) is 48.1 Å². The van der Waals surface area contributed by atoms with E-state index in [0.717, 1.165) is 0 Å². The third-order valence-corrected chi connectivity index (χ3v) is 4.78. The molecule has 0 nitrogen and oxygen atoms in total. The average Bonchev–Trinajstić information content (AvgIpc) is 2.29. The number of alkyl halides is 2. The first-order valence-corrected chi connectivity index (χ1v) is 7.74. The lowest BCUT2D eigenvalue weighted by Crippen LogP contribution is -2.33. The second kappa shape index (κ2) is 4.29. The third kappa shape index (κ3) is 1.79. The fraction of sp³-hybridized carbons (Fsp3) is 0.143. The van der Waals surface area contributed by atoms with E-state index in [2.05, 4.69) is 93.8 Å². The summed E-state index contributed by atoms with van der Waals surface area (Å²) in [6.07, 6.45) is 9.28. The van der Waals surface area contributed by atoms with E-state index in [9.17, 15) is 0 Å². The zero-order valence-electron chi connectivity index (χ0n) is 8.53. The van der Waals surface area contributed by atoms with E-state index in [1.54, 1.807) is 0 Å². The van der Waals surface area contributed by atoms with Crippen molar-refractivity contribution in [3.8, 4) is 0 Å². The fourth-order valence-electron chi connectivity index (χ4n) is 2.22. The van der Waals surface area contributed by atoms with E-state index in [-0.39, 0.29) is 0 Å². The average molecular weight is 432 g/mol. The molecule has 0 aromatic heterocycles. The Bertz CT molecular complexity index is 608. The minimum Gasteiger partial charge on any atom is -0.0735 e. The van der Waals surface area contributed by atoms with E-state index in [1.807, 2.05) is 0 Å². The smallest absolute Gasteiger partial charge is 0.0551 e. The van der Waals surface area contributed by atoms with Crippen LogP contribution in [0.5, 0.6) is 0 Å². The van der Waals surface area contributed by atoms with Crippen LogP contribution in [0.4, 0.5) is 0 Å². The highest BCUT2D eigenvalue weighted by Gasteiger charge is 2.19. The third-order valence-electron chi connectivity index (χ3n) is 2.97. The molecule has 0 bridgehead atoms. The van der Waals surface area contributed by atoms with Crippen LogP contribution < -0.4 is 10.4 Å². The molecule has 1 aromatic rings. The summed E-state index contributed by atoms with van der Waals surface area (Å²) in [6.45, 7) is 0. The van der Waals surface area contributed by atoms with Crippen molar-refractivity contribution >= 4 is 56.8 Å². The second-order valence-corrected chi connectivity index (χ2v) is 6.78. The molecule has 0 heterocycles. The summed E-state index contributed by atoms with van der Waals surface area (Å²) >= 11 is 4.98. The maximum absolute atomic E-state index is 2.52. The van der Waals surface area contributed by atoms with Gasteiger partial charge in [-0.1, -0.05) is 93.8 Å². The number of hydrogen-bond acceptors (Lipinski definition) is 0. The summed E-state index contributed by atoms with van der Waals surface area (Å²) in [5, 5.41) is 2.74. The summed E-state index contributed by atoms with van der Waals surface area (Å²) in [5.41, 5.74) is 2.88. The lowest BCUT2D eigenvalue weighted by Gasteiger charge is -2.21. The molecule has 16 heavy (non-hydrogen) atoms. The molecule has 2 aliphatic rings. The van der Waals surface area contributed by atoms with Crippen molar-refractivity contribution in [3.63, 3.8) is 0 Å². The van der Waals surface area contributed by atoms with Crippen LogP contribution in [0.3, 0.4) is 0 Å². The van der Waals surface area contributed by atoms with Crippen LogP contribution in [-0.2, 0) is 0 Å². The van der Waals surface area contributed by atoms with Crippen molar-refractivity contribution < 1.29 is 0 Å². The lowest BCUT2D eigenvalue weighted by atomic mass is 9.90. The summed E-state index contributed by atoms with van der Waals surface area (Å²) in [7, 11) is 0. The first-order chi connectivity index (χ1) is 7.75. The monoisotopic (exact) mass is 432 g/mol. The molecule has 0 amide bonds. The number of allylic oxidation sites excluding steroid dienone is 4. The minimum atomic E-state index is 0.504. The molecule has 0 radical (unpaired) electrons. The Morgan fingerprint density at radius 2 is 1.81 bits per heavy atom. The molecule has 80 valence electrons. The van der Waals surface area contributed by atoms with Gasteiger partial charge in [0, 0.05) is 3.92 Å². The van der Waals surface area contributed by atoms with Gasteiger partial charge in [-0.2, -0.15) is 0 Å². The van der Waals surface area contributed by atoms with Crippen molar-refractivity contribution in [2.45, 2.75) is 7.85 Å². The predicted molar refractivity (Wildman–Crippen MR) is 86.4 cm³/mol. The highest BCUT2D eigenvalue weighted by Crippen LogP contribution is 2.30. The first kappa shape index (κ1) is 11.0. The molecule has 0 aliphatic heterocycles. The van der Waals surface area contributed by atoms with Gasteiger partial charge in [0.2, 0.25) is 0 Å². The lowest BCUT2D eigenvalue weighted by molar-refractivity contribution is 1.27. The van der Waals surface area contributed by atoms with Crippen molar-refractivity contribution in [2.24, 2.45) is 0 Å². The SMILES string of the molecule is IC1C=CC2=c3ccccc3=CC(I)C2=C1. The number of benzene rings is 1. The van der Waals surface area contributed by atoms with Crippen LogP contribution in [0.2, 0.25) is 0 Å². The Labute approximate surface area is 122 Å².